The molecule has 1 saturated carbocycles. The minimum atomic E-state index is -0.473. The molecule has 1 atom stereocenters. The minimum Gasteiger partial charge on any atom is -0.467 e. The molecule has 1 amide bonds. The lowest BCUT2D eigenvalue weighted by molar-refractivity contribution is -0.145. The molecule has 1 unspecified atom stereocenters. The second-order valence-corrected chi connectivity index (χ2v) is 3.44. The predicted octanol–water partition coefficient (Wildman–Crippen LogP) is -0.597. The second-order valence-electron chi connectivity index (χ2n) is 3.44. The standard InChI is InChI=1S/C9H16N2O3/c1-14-9(13)8(6-2-3-6)11-7(12)4-5-10/h6,8H,2-5,10H2,1H3,(H,11,12). The van der Waals surface area contributed by atoms with Crippen molar-refractivity contribution in [2.75, 3.05) is 13.7 Å². The fraction of sp³-hybridized carbons (Fsp3) is 0.778. The van der Waals surface area contributed by atoms with Crippen LogP contribution in [0, 0.1) is 5.92 Å². The molecule has 0 radical (unpaired) electrons. The largest absolute Gasteiger partial charge is 0.467 e. The number of rotatable bonds is 5. The Bertz CT molecular complexity index is 226. The van der Waals surface area contributed by atoms with Gasteiger partial charge in [0, 0.05) is 13.0 Å². The van der Waals surface area contributed by atoms with Gasteiger partial charge in [-0.05, 0) is 18.8 Å². The van der Waals surface area contributed by atoms with Gasteiger partial charge in [-0.1, -0.05) is 0 Å². The lowest BCUT2D eigenvalue weighted by atomic mass is 10.2. The molecule has 1 aliphatic carbocycles. The maximum Gasteiger partial charge on any atom is 0.328 e. The molecule has 0 aliphatic heterocycles. The molecule has 0 aromatic rings. The van der Waals surface area contributed by atoms with Crippen LogP contribution in [0.2, 0.25) is 0 Å². The number of methoxy groups -OCH3 is 1. The van der Waals surface area contributed by atoms with Gasteiger partial charge in [0.15, 0.2) is 0 Å². The van der Waals surface area contributed by atoms with E-state index in [1.165, 1.54) is 7.11 Å². The molecule has 5 heteroatoms. The topological polar surface area (TPSA) is 81.4 Å². The van der Waals surface area contributed by atoms with Crippen LogP contribution in [0.25, 0.3) is 0 Å². The summed E-state index contributed by atoms with van der Waals surface area (Å²) in [6, 6.07) is -0.473. The van der Waals surface area contributed by atoms with Gasteiger partial charge in [-0.2, -0.15) is 0 Å². The monoisotopic (exact) mass is 200 g/mol. The fourth-order valence-electron chi connectivity index (χ4n) is 1.30. The van der Waals surface area contributed by atoms with E-state index in [9.17, 15) is 9.59 Å². The summed E-state index contributed by atoms with van der Waals surface area (Å²) in [6.07, 6.45) is 2.20. The van der Waals surface area contributed by atoms with Crippen molar-refractivity contribution in [1.29, 1.82) is 0 Å². The molecule has 0 spiro atoms. The van der Waals surface area contributed by atoms with E-state index in [2.05, 4.69) is 10.1 Å². The first-order chi connectivity index (χ1) is 6.69. The first kappa shape index (κ1) is 11.0. The van der Waals surface area contributed by atoms with Crippen LogP contribution in [0.15, 0.2) is 0 Å². The lowest BCUT2D eigenvalue weighted by Gasteiger charge is -2.15. The number of carbonyl (C=O) groups excluding carboxylic acids is 2. The zero-order valence-electron chi connectivity index (χ0n) is 8.29. The summed E-state index contributed by atoms with van der Waals surface area (Å²) in [7, 11) is 1.33. The number of carbonyl (C=O) groups is 2. The summed E-state index contributed by atoms with van der Waals surface area (Å²) >= 11 is 0. The molecule has 5 nitrogen and oxygen atoms in total. The van der Waals surface area contributed by atoms with Gasteiger partial charge >= 0.3 is 5.97 Å². The normalized spacial score (nSPS) is 17.3. The van der Waals surface area contributed by atoms with E-state index >= 15 is 0 Å². The van der Waals surface area contributed by atoms with Crippen LogP contribution >= 0.6 is 0 Å². The summed E-state index contributed by atoms with van der Waals surface area (Å²) in [4.78, 5) is 22.5. The third-order valence-electron chi connectivity index (χ3n) is 2.24. The first-order valence-corrected chi connectivity index (χ1v) is 4.76. The Labute approximate surface area is 83.0 Å². The summed E-state index contributed by atoms with van der Waals surface area (Å²) < 4.78 is 4.61. The Morgan fingerprint density at radius 1 is 1.57 bits per heavy atom. The van der Waals surface area contributed by atoms with Gasteiger partial charge < -0.3 is 15.8 Å². The van der Waals surface area contributed by atoms with Crippen molar-refractivity contribution in [2.45, 2.75) is 25.3 Å². The van der Waals surface area contributed by atoms with Gasteiger partial charge in [0.25, 0.3) is 0 Å². The number of esters is 1. The van der Waals surface area contributed by atoms with Gasteiger partial charge in [0.1, 0.15) is 6.04 Å². The molecule has 1 fully saturated rings. The van der Waals surface area contributed by atoms with E-state index in [0.29, 0.717) is 6.54 Å². The van der Waals surface area contributed by atoms with Crippen molar-refractivity contribution < 1.29 is 14.3 Å². The SMILES string of the molecule is COC(=O)C(NC(=O)CCN)C1CC1. The highest BCUT2D eigenvalue weighted by Crippen LogP contribution is 2.33. The van der Waals surface area contributed by atoms with Crippen LogP contribution in [0.3, 0.4) is 0 Å². The van der Waals surface area contributed by atoms with E-state index in [-0.39, 0.29) is 24.2 Å². The highest BCUT2D eigenvalue weighted by atomic mass is 16.5. The van der Waals surface area contributed by atoms with E-state index in [0.717, 1.165) is 12.8 Å². The van der Waals surface area contributed by atoms with Crippen molar-refractivity contribution in [1.82, 2.24) is 5.32 Å². The van der Waals surface area contributed by atoms with Crippen LogP contribution in [-0.4, -0.2) is 31.6 Å². The summed E-state index contributed by atoms with van der Waals surface area (Å²) in [5.41, 5.74) is 5.23. The highest BCUT2D eigenvalue weighted by Gasteiger charge is 2.37. The Hall–Kier alpha value is -1.10. The van der Waals surface area contributed by atoms with Gasteiger partial charge in [0.2, 0.25) is 5.91 Å². The average molecular weight is 200 g/mol. The first-order valence-electron chi connectivity index (χ1n) is 4.76. The molecule has 3 N–H and O–H groups in total. The maximum absolute atomic E-state index is 11.3. The molecule has 1 rings (SSSR count). The number of hydrogen-bond acceptors (Lipinski definition) is 4. The number of nitrogens with two attached hydrogens (primary N) is 1. The van der Waals surface area contributed by atoms with Crippen LogP contribution in [-0.2, 0) is 14.3 Å². The molecule has 0 saturated heterocycles. The van der Waals surface area contributed by atoms with Crippen molar-refractivity contribution in [2.24, 2.45) is 11.7 Å². The zero-order valence-corrected chi connectivity index (χ0v) is 8.29. The lowest BCUT2D eigenvalue weighted by Crippen LogP contribution is -2.43. The Kier molecular flexibility index (Phi) is 3.88. The third-order valence-corrected chi connectivity index (χ3v) is 2.24. The summed E-state index contributed by atoms with van der Waals surface area (Å²) in [5, 5.41) is 2.64. The molecule has 0 bridgehead atoms. The molecule has 0 aromatic carbocycles. The zero-order chi connectivity index (χ0) is 10.6. The maximum atomic E-state index is 11.3. The molecule has 0 heterocycles. The fourth-order valence-corrected chi connectivity index (χ4v) is 1.30. The Morgan fingerprint density at radius 2 is 2.21 bits per heavy atom. The number of amides is 1. The molecule has 80 valence electrons. The van der Waals surface area contributed by atoms with Crippen molar-refractivity contribution in [3.8, 4) is 0 Å². The highest BCUT2D eigenvalue weighted by molar-refractivity contribution is 5.85. The minimum absolute atomic E-state index is 0.185. The van der Waals surface area contributed by atoms with Crippen molar-refractivity contribution in [3.63, 3.8) is 0 Å². The van der Waals surface area contributed by atoms with Gasteiger partial charge in [-0.25, -0.2) is 4.79 Å². The van der Waals surface area contributed by atoms with E-state index in [1.807, 2.05) is 0 Å². The van der Waals surface area contributed by atoms with Crippen molar-refractivity contribution in [3.05, 3.63) is 0 Å². The quantitative estimate of drug-likeness (QED) is 0.581. The predicted molar refractivity (Wildman–Crippen MR) is 50.3 cm³/mol. The Morgan fingerprint density at radius 3 is 2.64 bits per heavy atom. The number of ether oxygens (including phenoxy) is 1. The molecular weight excluding hydrogens is 184 g/mol. The molecule has 14 heavy (non-hydrogen) atoms. The van der Waals surface area contributed by atoms with Gasteiger partial charge in [-0.3, -0.25) is 4.79 Å². The smallest absolute Gasteiger partial charge is 0.328 e. The third kappa shape index (κ3) is 2.99. The Balaban J connectivity index is 2.42. The van der Waals surface area contributed by atoms with Crippen molar-refractivity contribution >= 4 is 11.9 Å². The number of nitrogens with one attached hydrogen (secondary N) is 1. The van der Waals surface area contributed by atoms with E-state index in [1.54, 1.807) is 0 Å². The summed E-state index contributed by atoms with van der Waals surface area (Å²) in [6.45, 7) is 0.296. The van der Waals surface area contributed by atoms with Crippen LogP contribution in [0.5, 0.6) is 0 Å². The van der Waals surface area contributed by atoms with Gasteiger partial charge in [0.05, 0.1) is 7.11 Å². The van der Waals surface area contributed by atoms with Gasteiger partial charge in [-0.15, -0.1) is 0 Å². The van der Waals surface area contributed by atoms with Crippen LogP contribution < -0.4 is 11.1 Å². The van der Waals surface area contributed by atoms with E-state index < -0.39 is 6.04 Å². The van der Waals surface area contributed by atoms with E-state index in [4.69, 9.17) is 5.73 Å². The molecule has 0 aromatic heterocycles. The van der Waals surface area contributed by atoms with Crippen LogP contribution in [0.1, 0.15) is 19.3 Å². The second kappa shape index (κ2) is 4.95. The summed E-state index contributed by atoms with van der Waals surface area (Å²) in [5.74, 6) is -0.295. The van der Waals surface area contributed by atoms with Crippen LogP contribution in [0.4, 0.5) is 0 Å². The molecular formula is C9H16N2O3. The molecule has 1 aliphatic rings. The number of hydrogen-bond donors (Lipinski definition) is 2. The average Bonchev–Trinajstić information content (AvgIpc) is 2.97.